The number of nitrogens with one attached hydrogen (secondary N) is 2. The highest BCUT2D eigenvalue weighted by atomic mass is 16.5. The Balaban J connectivity index is -0.000000175. The van der Waals surface area contributed by atoms with E-state index in [9.17, 15) is 0 Å². The molecule has 0 saturated carbocycles. The third-order valence-corrected chi connectivity index (χ3v) is 5.12. The monoisotopic (exact) mass is 638 g/mol. The summed E-state index contributed by atoms with van der Waals surface area (Å²) < 4.78 is 7.21. The molecular formula is C36H34N10O2. The Morgan fingerprint density at radius 3 is 1.90 bits per heavy atom. The van der Waals surface area contributed by atoms with Crippen LogP contribution in [0.1, 0.15) is 27.0 Å². The van der Waals surface area contributed by atoms with Crippen molar-refractivity contribution in [1.82, 2.24) is 19.8 Å². The molecule has 0 amide bonds. The van der Waals surface area contributed by atoms with E-state index in [4.69, 9.17) is 27.8 Å². The van der Waals surface area contributed by atoms with Crippen molar-refractivity contribution in [1.29, 1.82) is 5.53 Å². The van der Waals surface area contributed by atoms with Crippen LogP contribution in [0.4, 0.5) is 5.69 Å². The number of terminal acetylenes is 2. The molecule has 1 aromatic carbocycles. The first kappa shape index (κ1) is 35.9. The maximum Gasteiger partial charge on any atom is 0.184 e. The topological polar surface area (TPSA) is 159 Å². The van der Waals surface area contributed by atoms with Crippen LogP contribution < -0.4 is 5.32 Å². The zero-order chi connectivity index (χ0) is 34.7. The Hall–Kier alpha value is -8.31. The predicted octanol–water partition coefficient (Wildman–Crippen LogP) is 6.68. The van der Waals surface area contributed by atoms with Crippen molar-refractivity contribution in [2.75, 3.05) is 5.32 Å². The molecule has 0 saturated heterocycles. The van der Waals surface area contributed by atoms with Gasteiger partial charge < -0.3 is 9.84 Å². The molecule has 48 heavy (non-hydrogen) atoms. The molecule has 12 nitrogen and oxygen atoms in total. The summed E-state index contributed by atoms with van der Waals surface area (Å²) in [5.41, 5.74) is 11.7. The third kappa shape index (κ3) is 13.3. The van der Waals surface area contributed by atoms with Gasteiger partial charge in [0.2, 0.25) is 0 Å². The van der Waals surface area contributed by atoms with Crippen molar-refractivity contribution in [3.8, 4) is 119 Å². The molecule has 0 fully saturated rings. The summed E-state index contributed by atoms with van der Waals surface area (Å²) in [6.07, 6.45) is 13.5. The second kappa shape index (κ2) is 22.3. The van der Waals surface area contributed by atoms with Crippen LogP contribution in [0.2, 0.25) is 0 Å². The van der Waals surface area contributed by atoms with E-state index in [1.165, 1.54) is 5.56 Å². The van der Waals surface area contributed by atoms with Crippen molar-refractivity contribution in [2.24, 2.45) is 21.0 Å². The van der Waals surface area contributed by atoms with Gasteiger partial charge in [-0.2, -0.15) is 5.53 Å². The van der Waals surface area contributed by atoms with Gasteiger partial charge in [-0.1, -0.05) is 35.5 Å². The van der Waals surface area contributed by atoms with E-state index in [2.05, 4.69) is 149 Å². The number of benzene rings is 1. The minimum atomic E-state index is 0. The number of rotatable bonds is 6. The number of aromatic nitrogens is 4. The molecule has 0 bridgehead atoms. The number of aryl methyl sites for hydroxylation is 2. The van der Waals surface area contributed by atoms with E-state index in [-0.39, 0.29) is 9.99 Å². The normalized spacial score (nSPS) is 8.00. The Morgan fingerprint density at radius 1 is 0.875 bits per heavy atom. The first-order valence-corrected chi connectivity index (χ1v) is 13.1. The Bertz CT molecular complexity index is 2250. The maximum absolute atomic E-state index is 8.91. The molecule has 12 heteroatoms. The largest absolute Gasteiger partial charge is 0.378 e. The molecule has 4 aromatic rings. The zero-order valence-electron chi connectivity index (χ0n) is 25.4. The molecule has 3 aromatic heterocycles. The first-order chi connectivity index (χ1) is 23.5. The Kier molecular flexibility index (Phi) is 16.6. The smallest absolute Gasteiger partial charge is 0.184 e. The minimum absolute atomic E-state index is 0. The lowest BCUT2D eigenvalue weighted by atomic mass is 10.1. The minimum Gasteiger partial charge on any atom is -0.378 e. The number of nitrogens with zero attached hydrogens (tertiary/aromatic N) is 8. The quantitative estimate of drug-likeness (QED) is 0.104. The van der Waals surface area contributed by atoms with E-state index >= 15 is 0 Å². The summed E-state index contributed by atoms with van der Waals surface area (Å²) in [5.74, 6) is 39.0. The summed E-state index contributed by atoms with van der Waals surface area (Å²) >= 11 is 0. The molecular weight excluding hydrogens is 604 g/mol. The molecule has 0 spiro atoms. The number of nitroso groups, excluding NO2 is 1. The van der Waals surface area contributed by atoms with Crippen molar-refractivity contribution >= 4 is 11.3 Å². The first-order valence-electron chi connectivity index (χ1n) is 13.1. The number of hydrogen-bond acceptors (Lipinski definition) is 7. The Labute approximate surface area is 287 Å². The van der Waals surface area contributed by atoms with Gasteiger partial charge in [0, 0.05) is 39.1 Å². The van der Waals surface area contributed by atoms with Crippen LogP contribution in [0.5, 0.6) is 0 Å². The molecule has 0 radical (unpaired) electrons. The number of fused-ring (bicyclic) bond motifs is 1. The molecule has 2 N–H and O–H groups in total. The summed E-state index contributed by atoms with van der Waals surface area (Å²) in [6, 6.07) is 12.3. The lowest BCUT2D eigenvalue weighted by Crippen LogP contribution is -2.02. The number of anilines is 1. The van der Waals surface area contributed by atoms with Gasteiger partial charge >= 0.3 is 0 Å². The van der Waals surface area contributed by atoms with Crippen molar-refractivity contribution in [3.63, 3.8) is 0 Å². The second-order valence-corrected chi connectivity index (χ2v) is 8.14. The van der Waals surface area contributed by atoms with Gasteiger partial charge in [0.25, 0.3) is 0 Å². The van der Waals surface area contributed by atoms with Gasteiger partial charge in [0.05, 0.1) is 11.4 Å². The van der Waals surface area contributed by atoms with Crippen LogP contribution in [0.25, 0.3) is 16.8 Å². The molecule has 0 aliphatic heterocycles. The lowest BCUT2D eigenvalue weighted by molar-refractivity contribution is 0.393. The highest BCUT2D eigenvalue weighted by molar-refractivity contribution is 5.77. The standard InChI is InChI=1S/C18H17N5O.C18H2.HN5O.7H2/c1-12-17(13(2)24-22-12)15-8-16(18-21-20-11-23(18)10-15)19-9-14-6-4-3-5-7-14;1-3-5-7-9-11-13-15-17-18-16-14-12-10-8-6-4-2;1-2-3-4-5-6;;;;;;;/h3-8,10-11,19H,9H2,1-2H3;1-2H;1H;7*1H/b;;2-1?,4-3+;;;;;;;. The SMILES string of the molecule is C#CC#CC#CC#CC#CC#CC#CC#CC#C.Cc1noc(C)c1-c1cc(NCc2ccccc2)c2nncn2c1.N=N/N=N/N=O.[HH].[HH].[HH].[HH].[HH].[HH].[HH]. The Morgan fingerprint density at radius 2 is 1.44 bits per heavy atom. The molecule has 240 valence electrons. The summed E-state index contributed by atoms with van der Waals surface area (Å²) in [7, 11) is 0. The fourth-order valence-corrected chi connectivity index (χ4v) is 3.38. The third-order valence-electron chi connectivity index (χ3n) is 5.12. The summed E-state index contributed by atoms with van der Waals surface area (Å²) in [6.45, 7) is 4.58. The van der Waals surface area contributed by atoms with Gasteiger partial charge in [-0.25, -0.2) is 0 Å². The molecule has 0 atom stereocenters. The maximum atomic E-state index is 8.91. The van der Waals surface area contributed by atoms with Crippen LogP contribution in [-0.4, -0.2) is 19.8 Å². The van der Waals surface area contributed by atoms with Gasteiger partial charge in [-0.05, 0) is 131 Å². The van der Waals surface area contributed by atoms with E-state index in [1.807, 2.05) is 47.9 Å². The van der Waals surface area contributed by atoms with Gasteiger partial charge in [-0.3, -0.25) is 4.40 Å². The summed E-state index contributed by atoms with van der Waals surface area (Å²) in [5, 5.41) is 25.0. The van der Waals surface area contributed by atoms with E-state index in [0.29, 0.717) is 6.54 Å². The van der Waals surface area contributed by atoms with Gasteiger partial charge in [0.15, 0.2) is 5.65 Å². The second-order valence-electron chi connectivity index (χ2n) is 8.14. The van der Waals surface area contributed by atoms with Crippen LogP contribution >= 0.6 is 0 Å². The van der Waals surface area contributed by atoms with Crippen molar-refractivity contribution in [3.05, 3.63) is 70.8 Å². The molecule has 3 heterocycles. The molecule has 0 aliphatic carbocycles. The molecule has 0 unspecified atom stereocenters. The van der Waals surface area contributed by atoms with E-state index < -0.39 is 0 Å². The molecule has 0 aliphatic rings. The fourth-order valence-electron chi connectivity index (χ4n) is 3.38. The highest BCUT2D eigenvalue weighted by Gasteiger charge is 2.15. The van der Waals surface area contributed by atoms with Crippen LogP contribution in [0.15, 0.2) is 74.4 Å². The zero-order valence-corrected chi connectivity index (χ0v) is 25.4. The average molecular weight is 639 g/mol. The van der Waals surface area contributed by atoms with Crippen LogP contribution in [-0.2, 0) is 6.54 Å². The average Bonchev–Trinajstić information content (AvgIpc) is 3.72. The molecule has 4 rings (SSSR count). The van der Waals surface area contributed by atoms with E-state index in [1.54, 1.807) is 6.33 Å². The van der Waals surface area contributed by atoms with E-state index in [0.717, 1.165) is 33.9 Å². The predicted molar refractivity (Wildman–Crippen MR) is 194 cm³/mol. The van der Waals surface area contributed by atoms with Gasteiger partial charge in [-0.15, -0.1) is 28.0 Å². The van der Waals surface area contributed by atoms with Crippen molar-refractivity contribution < 1.29 is 14.5 Å². The number of hydrogen-bond donors (Lipinski definition) is 2. The lowest BCUT2D eigenvalue weighted by Gasteiger charge is -2.10. The van der Waals surface area contributed by atoms with Crippen LogP contribution in [0, 0.1) is 132 Å². The summed E-state index contributed by atoms with van der Waals surface area (Å²) in [4.78, 5) is 8.91. The van der Waals surface area contributed by atoms with Crippen molar-refractivity contribution in [2.45, 2.75) is 20.4 Å². The highest BCUT2D eigenvalue weighted by Crippen LogP contribution is 2.30. The fraction of sp³-hybridized carbons (Fsp3) is 0.0833. The number of pyridine rings is 1. The van der Waals surface area contributed by atoms with Gasteiger partial charge in [0.1, 0.15) is 17.4 Å². The van der Waals surface area contributed by atoms with Crippen LogP contribution in [0.3, 0.4) is 0 Å².